The summed E-state index contributed by atoms with van der Waals surface area (Å²) in [4.78, 5) is 38.0. The number of alkyl halides is 1. The number of imide groups is 1. The minimum Gasteiger partial charge on any atom is -0.336 e. The molecule has 0 aromatic rings. The second-order valence-corrected chi connectivity index (χ2v) is 5.29. The Morgan fingerprint density at radius 1 is 1.44 bits per heavy atom. The van der Waals surface area contributed by atoms with Crippen molar-refractivity contribution in [2.75, 3.05) is 19.6 Å². The van der Waals surface area contributed by atoms with Gasteiger partial charge < -0.3 is 9.80 Å². The standard InChI is InChI=1S/C11H16ClN3O3/c1-7(12)10(17)13-11(18)14-4-5-15-8(6-14)2-3-9(15)16/h7-8H,2-6H2,1H3,(H,13,17,18). The molecule has 2 saturated heterocycles. The predicted octanol–water partition coefficient (Wildman–Crippen LogP) is 0.156. The Hall–Kier alpha value is -1.30. The average molecular weight is 274 g/mol. The lowest BCUT2D eigenvalue weighted by Crippen LogP contribution is -2.56. The van der Waals surface area contributed by atoms with Crippen LogP contribution in [0.5, 0.6) is 0 Å². The molecule has 0 radical (unpaired) electrons. The van der Waals surface area contributed by atoms with Crippen molar-refractivity contribution in [1.82, 2.24) is 15.1 Å². The Morgan fingerprint density at radius 3 is 2.83 bits per heavy atom. The fourth-order valence-electron chi connectivity index (χ4n) is 2.33. The largest absolute Gasteiger partial charge is 0.336 e. The second-order valence-electron chi connectivity index (χ2n) is 4.64. The average Bonchev–Trinajstić information content (AvgIpc) is 2.70. The molecule has 1 N–H and O–H groups in total. The summed E-state index contributed by atoms with van der Waals surface area (Å²) in [5.41, 5.74) is 0. The quantitative estimate of drug-likeness (QED) is 0.692. The van der Waals surface area contributed by atoms with Gasteiger partial charge in [0.2, 0.25) is 11.8 Å². The van der Waals surface area contributed by atoms with Gasteiger partial charge in [0.15, 0.2) is 0 Å². The minimum atomic E-state index is -0.733. The van der Waals surface area contributed by atoms with Crippen LogP contribution >= 0.6 is 11.6 Å². The van der Waals surface area contributed by atoms with Crippen molar-refractivity contribution in [1.29, 1.82) is 0 Å². The summed E-state index contributed by atoms with van der Waals surface area (Å²) in [5, 5.41) is 1.52. The van der Waals surface area contributed by atoms with Gasteiger partial charge in [-0.3, -0.25) is 14.9 Å². The highest BCUT2D eigenvalue weighted by atomic mass is 35.5. The van der Waals surface area contributed by atoms with E-state index in [0.29, 0.717) is 26.1 Å². The Morgan fingerprint density at radius 2 is 2.17 bits per heavy atom. The number of hydrogen-bond acceptors (Lipinski definition) is 3. The van der Waals surface area contributed by atoms with Crippen LogP contribution in [-0.2, 0) is 9.59 Å². The molecule has 0 aliphatic carbocycles. The highest BCUT2D eigenvalue weighted by Gasteiger charge is 2.37. The van der Waals surface area contributed by atoms with Crippen LogP contribution in [0.4, 0.5) is 4.79 Å². The van der Waals surface area contributed by atoms with Gasteiger partial charge in [0.1, 0.15) is 5.38 Å². The zero-order valence-corrected chi connectivity index (χ0v) is 10.9. The molecule has 100 valence electrons. The molecular weight excluding hydrogens is 258 g/mol. The topological polar surface area (TPSA) is 69.7 Å². The monoisotopic (exact) mass is 273 g/mol. The van der Waals surface area contributed by atoms with Crippen molar-refractivity contribution in [2.45, 2.75) is 31.2 Å². The van der Waals surface area contributed by atoms with Crippen molar-refractivity contribution in [2.24, 2.45) is 0 Å². The van der Waals surface area contributed by atoms with Gasteiger partial charge >= 0.3 is 6.03 Å². The molecule has 2 fully saturated rings. The normalized spacial score (nSPS) is 24.8. The molecule has 0 aromatic carbocycles. The first-order valence-corrected chi connectivity index (χ1v) is 6.46. The SMILES string of the molecule is CC(Cl)C(=O)NC(=O)N1CCN2C(=O)CCC2C1. The van der Waals surface area contributed by atoms with Gasteiger partial charge in [-0.2, -0.15) is 0 Å². The van der Waals surface area contributed by atoms with Gasteiger partial charge in [-0.15, -0.1) is 11.6 Å². The first-order valence-electron chi connectivity index (χ1n) is 6.02. The van der Waals surface area contributed by atoms with Gasteiger partial charge in [0, 0.05) is 32.1 Å². The number of nitrogens with zero attached hydrogens (tertiary/aromatic N) is 2. The van der Waals surface area contributed by atoms with E-state index in [0.717, 1.165) is 6.42 Å². The van der Waals surface area contributed by atoms with Crippen LogP contribution in [0, 0.1) is 0 Å². The summed E-state index contributed by atoms with van der Waals surface area (Å²) in [6.45, 7) is 3.00. The number of urea groups is 1. The van der Waals surface area contributed by atoms with E-state index in [9.17, 15) is 14.4 Å². The van der Waals surface area contributed by atoms with Gasteiger partial charge in [0.25, 0.3) is 0 Å². The lowest BCUT2D eigenvalue weighted by atomic mass is 10.2. The number of fused-ring (bicyclic) bond motifs is 1. The number of rotatable bonds is 1. The Balaban J connectivity index is 1.90. The van der Waals surface area contributed by atoms with Crippen LogP contribution in [-0.4, -0.2) is 58.7 Å². The second kappa shape index (κ2) is 5.14. The molecule has 7 heteroatoms. The molecule has 2 unspecified atom stereocenters. The molecule has 2 atom stereocenters. The molecule has 2 aliphatic heterocycles. The summed E-state index contributed by atoms with van der Waals surface area (Å²) >= 11 is 5.58. The first kappa shape index (κ1) is 13.1. The summed E-state index contributed by atoms with van der Waals surface area (Å²) in [6.07, 6.45) is 1.33. The van der Waals surface area contributed by atoms with E-state index in [1.54, 1.807) is 4.90 Å². The maximum absolute atomic E-state index is 11.8. The highest BCUT2D eigenvalue weighted by molar-refractivity contribution is 6.31. The molecule has 0 aromatic heterocycles. The Kier molecular flexibility index (Phi) is 3.75. The van der Waals surface area contributed by atoms with Crippen LogP contribution in [0.15, 0.2) is 0 Å². The molecule has 2 rings (SSSR count). The van der Waals surface area contributed by atoms with Crippen LogP contribution < -0.4 is 5.32 Å². The lowest BCUT2D eigenvalue weighted by molar-refractivity contribution is -0.130. The number of nitrogens with one attached hydrogen (secondary N) is 1. The van der Waals surface area contributed by atoms with E-state index in [4.69, 9.17) is 11.6 Å². The molecule has 2 aliphatic rings. The number of hydrogen-bond donors (Lipinski definition) is 1. The smallest absolute Gasteiger partial charge is 0.324 e. The zero-order valence-electron chi connectivity index (χ0n) is 10.2. The molecule has 0 saturated carbocycles. The van der Waals surface area contributed by atoms with Crippen molar-refractivity contribution in [3.8, 4) is 0 Å². The molecule has 18 heavy (non-hydrogen) atoms. The van der Waals surface area contributed by atoms with Crippen molar-refractivity contribution in [3.63, 3.8) is 0 Å². The number of halogens is 1. The summed E-state index contributed by atoms with van der Waals surface area (Å²) in [5.74, 6) is -0.336. The van der Waals surface area contributed by atoms with Crippen molar-refractivity contribution in [3.05, 3.63) is 0 Å². The third-order valence-electron chi connectivity index (χ3n) is 3.37. The molecule has 0 spiro atoms. The summed E-state index contributed by atoms with van der Waals surface area (Å²) in [7, 11) is 0. The van der Waals surface area contributed by atoms with E-state index in [1.807, 2.05) is 4.90 Å². The van der Waals surface area contributed by atoms with Crippen molar-refractivity contribution < 1.29 is 14.4 Å². The van der Waals surface area contributed by atoms with E-state index in [2.05, 4.69) is 5.32 Å². The van der Waals surface area contributed by atoms with Crippen LogP contribution in [0.2, 0.25) is 0 Å². The van der Waals surface area contributed by atoms with E-state index >= 15 is 0 Å². The van der Waals surface area contributed by atoms with Crippen LogP contribution in [0.25, 0.3) is 0 Å². The third kappa shape index (κ3) is 2.58. The molecule has 2 heterocycles. The van der Waals surface area contributed by atoms with Gasteiger partial charge in [-0.25, -0.2) is 4.79 Å². The molecule has 0 bridgehead atoms. The van der Waals surface area contributed by atoms with E-state index in [-0.39, 0.29) is 11.9 Å². The Labute approximate surface area is 110 Å². The maximum Gasteiger partial charge on any atom is 0.324 e. The van der Waals surface area contributed by atoms with Crippen molar-refractivity contribution >= 4 is 29.4 Å². The summed E-state index contributed by atoms with van der Waals surface area (Å²) < 4.78 is 0. The van der Waals surface area contributed by atoms with Gasteiger partial charge in [-0.05, 0) is 13.3 Å². The number of carbonyl (C=O) groups excluding carboxylic acids is 3. The van der Waals surface area contributed by atoms with Gasteiger partial charge in [0.05, 0.1) is 0 Å². The first-order chi connectivity index (χ1) is 8.49. The maximum atomic E-state index is 11.8. The lowest BCUT2D eigenvalue weighted by Gasteiger charge is -2.37. The van der Waals surface area contributed by atoms with E-state index in [1.165, 1.54) is 6.92 Å². The Bertz CT molecular complexity index is 386. The summed E-state index contributed by atoms with van der Waals surface area (Å²) in [6, 6.07) is -0.327. The third-order valence-corrected chi connectivity index (χ3v) is 3.57. The number of amides is 4. The fourth-order valence-corrected chi connectivity index (χ4v) is 2.39. The predicted molar refractivity (Wildman–Crippen MR) is 65.2 cm³/mol. The fraction of sp³-hybridized carbons (Fsp3) is 0.727. The number of piperazine rings is 1. The van der Waals surface area contributed by atoms with Crippen LogP contribution in [0.3, 0.4) is 0 Å². The van der Waals surface area contributed by atoms with Gasteiger partial charge in [-0.1, -0.05) is 0 Å². The zero-order chi connectivity index (χ0) is 13.3. The number of carbonyl (C=O) groups is 3. The molecule has 4 amide bonds. The van der Waals surface area contributed by atoms with E-state index < -0.39 is 17.3 Å². The molecular formula is C11H16ClN3O3. The van der Waals surface area contributed by atoms with Crippen LogP contribution in [0.1, 0.15) is 19.8 Å². The molecule has 6 nitrogen and oxygen atoms in total. The minimum absolute atomic E-state index is 0.0977. The highest BCUT2D eigenvalue weighted by Crippen LogP contribution is 2.22.